The minimum absolute atomic E-state index is 0.110. The smallest absolute Gasteiger partial charge is 0.348 e. The molecule has 120 valence electrons. The third kappa shape index (κ3) is 3.34. The van der Waals surface area contributed by atoms with Crippen LogP contribution in [0.25, 0.3) is 0 Å². The monoisotopic (exact) mass is 315 g/mol. The summed E-state index contributed by atoms with van der Waals surface area (Å²) in [4.78, 5) is 27.4. The zero-order valence-corrected chi connectivity index (χ0v) is 12.7. The van der Waals surface area contributed by atoms with Crippen molar-refractivity contribution in [2.24, 2.45) is 0 Å². The van der Waals surface area contributed by atoms with Crippen molar-refractivity contribution in [3.63, 3.8) is 0 Å². The number of hydrogen-bond donors (Lipinski definition) is 1. The molecular weight excluding hydrogens is 298 g/mol. The Morgan fingerprint density at radius 1 is 1.26 bits per heavy atom. The van der Waals surface area contributed by atoms with E-state index >= 15 is 0 Å². The Labute approximate surface area is 133 Å². The first-order chi connectivity index (χ1) is 11.1. The van der Waals surface area contributed by atoms with Gasteiger partial charge in [0.1, 0.15) is 6.33 Å². The lowest BCUT2D eigenvalue weighted by molar-refractivity contribution is -0.383. The maximum Gasteiger partial charge on any atom is 0.353 e. The average Bonchev–Trinajstić information content (AvgIpc) is 2.56. The highest BCUT2D eigenvalue weighted by Gasteiger charge is 2.28. The first-order valence-electron chi connectivity index (χ1n) is 7.25. The molecule has 1 saturated heterocycles. The van der Waals surface area contributed by atoms with E-state index in [0.717, 1.165) is 13.1 Å². The molecule has 3 rings (SSSR count). The number of nitrogens with zero attached hydrogens (tertiary/aromatic N) is 6. The molecule has 0 bridgehead atoms. The molecule has 0 amide bonds. The zero-order chi connectivity index (χ0) is 16.2. The van der Waals surface area contributed by atoms with Gasteiger partial charge in [0.2, 0.25) is 11.6 Å². The normalized spacial score (nSPS) is 15.4. The lowest BCUT2D eigenvalue weighted by atomic mass is 10.3. The third-order valence-electron chi connectivity index (χ3n) is 3.71. The fraction of sp³-hybridized carbons (Fsp3) is 0.357. The van der Waals surface area contributed by atoms with E-state index in [1.165, 1.54) is 6.33 Å². The topological polar surface area (TPSA) is 100 Å². The Kier molecular flexibility index (Phi) is 4.29. The molecule has 0 saturated carbocycles. The molecule has 0 unspecified atom stereocenters. The van der Waals surface area contributed by atoms with Crippen LogP contribution in [-0.2, 0) is 0 Å². The van der Waals surface area contributed by atoms with Crippen LogP contribution in [0, 0.1) is 10.1 Å². The summed E-state index contributed by atoms with van der Waals surface area (Å²) < 4.78 is 0. The van der Waals surface area contributed by atoms with E-state index in [-0.39, 0.29) is 11.5 Å². The van der Waals surface area contributed by atoms with E-state index in [1.54, 1.807) is 24.5 Å². The molecule has 2 aromatic rings. The van der Waals surface area contributed by atoms with Crippen molar-refractivity contribution in [1.82, 2.24) is 19.9 Å². The van der Waals surface area contributed by atoms with Gasteiger partial charge in [-0.05, 0) is 19.2 Å². The highest BCUT2D eigenvalue weighted by Crippen LogP contribution is 2.33. The van der Waals surface area contributed by atoms with E-state index in [2.05, 4.69) is 25.2 Å². The molecule has 3 heterocycles. The van der Waals surface area contributed by atoms with E-state index in [9.17, 15) is 10.1 Å². The highest BCUT2D eigenvalue weighted by atomic mass is 16.6. The molecule has 0 spiro atoms. The van der Waals surface area contributed by atoms with Crippen LogP contribution in [0.15, 0.2) is 30.9 Å². The summed E-state index contributed by atoms with van der Waals surface area (Å²) in [6.07, 6.45) is 4.57. The zero-order valence-electron chi connectivity index (χ0n) is 12.7. The summed E-state index contributed by atoms with van der Waals surface area (Å²) >= 11 is 0. The van der Waals surface area contributed by atoms with Crippen LogP contribution < -0.4 is 10.2 Å². The second-order valence-electron chi connectivity index (χ2n) is 5.31. The van der Waals surface area contributed by atoms with Gasteiger partial charge in [0.25, 0.3) is 0 Å². The Morgan fingerprint density at radius 3 is 2.70 bits per heavy atom. The molecule has 0 radical (unpaired) electrons. The van der Waals surface area contributed by atoms with Crippen LogP contribution in [0.2, 0.25) is 0 Å². The Hall–Kier alpha value is -2.81. The number of aromatic nitrogens is 3. The van der Waals surface area contributed by atoms with Crippen LogP contribution in [0.5, 0.6) is 0 Å². The maximum absolute atomic E-state index is 11.6. The van der Waals surface area contributed by atoms with Gasteiger partial charge in [0.05, 0.1) is 16.8 Å². The van der Waals surface area contributed by atoms with Crippen molar-refractivity contribution in [3.8, 4) is 0 Å². The number of likely N-dealkylation sites (N-methyl/N-ethyl adjacent to an activating group) is 1. The minimum atomic E-state index is -0.438. The van der Waals surface area contributed by atoms with Crippen molar-refractivity contribution in [1.29, 1.82) is 0 Å². The van der Waals surface area contributed by atoms with Gasteiger partial charge in [0.15, 0.2) is 0 Å². The number of rotatable bonds is 4. The van der Waals surface area contributed by atoms with Gasteiger partial charge in [-0.25, -0.2) is 9.97 Å². The highest BCUT2D eigenvalue weighted by molar-refractivity contribution is 5.74. The Bertz CT molecular complexity index is 687. The van der Waals surface area contributed by atoms with Crippen molar-refractivity contribution < 1.29 is 4.92 Å². The first-order valence-corrected chi connectivity index (χ1v) is 7.25. The van der Waals surface area contributed by atoms with E-state index < -0.39 is 4.92 Å². The molecule has 9 heteroatoms. The third-order valence-corrected chi connectivity index (χ3v) is 3.71. The molecule has 1 aliphatic rings. The summed E-state index contributed by atoms with van der Waals surface area (Å²) in [5, 5.41) is 14.5. The SMILES string of the molecule is CN1CCN(c2ncnc(Nc3cccnc3)c2[N+](=O)[O-])CC1. The molecular formula is C14H17N7O2. The molecule has 0 aliphatic carbocycles. The van der Waals surface area contributed by atoms with Gasteiger partial charge < -0.3 is 15.1 Å². The lowest BCUT2D eigenvalue weighted by Crippen LogP contribution is -2.45. The molecule has 1 N–H and O–H groups in total. The molecule has 0 atom stereocenters. The quantitative estimate of drug-likeness (QED) is 0.665. The predicted molar refractivity (Wildman–Crippen MR) is 85.9 cm³/mol. The molecule has 1 aliphatic heterocycles. The van der Waals surface area contributed by atoms with Gasteiger partial charge in [-0.2, -0.15) is 0 Å². The van der Waals surface area contributed by atoms with Crippen LogP contribution in [-0.4, -0.2) is 58.0 Å². The van der Waals surface area contributed by atoms with E-state index in [1.807, 2.05) is 11.9 Å². The molecule has 9 nitrogen and oxygen atoms in total. The second kappa shape index (κ2) is 6.53. The van der Waals surface area contributed by atoms with Crippen molar-refractivity contribution >= 4 is 23.0 Å². The van der Waals surface area contributed by atoms with Crippen LogP contribution >= 0.6 is 0 Å². The van der Waals surface area contributed by atoms with Gasteiger partial charge >= 0.3 is 5.69 Å². The second-order valence-corrected chi connectivity index (χ2v) is 5.31. The van der Waals surface area contributed by atoms with Gasteiger partial charge in [-0.1, -0.05) is 0 Å². The average molecular weight is 315 g/mol. The number of anilines is 3. The van der Waals surface area contributed by atoms with Gasteiger partial charge in [-0.3, -0.25) is 15.1 Å². The summed E-state index contributed by atoms with van der Waals surface area (Å²) in [6, 6.07) is 3.52. The standard InChI is InChI=1S/C14H17N7O2/c1-19-5-7-20(8-6-19)14-12(21(22)23)13(16-10-17-14)18-11-3-2-4-15-9-11/h2-4,9-10H,5-8H2,1H3,(H,16,17,18). The van der Waals surface area contributed by atoms with Crippen molar-refractivity contribution in [2.75, 3.05) is 43.4 Å². The summed E-state index contributed by atoms with van der Waals surface area (Å²) in [5.74, 6) is 0.524. The van der Waals surface area contributed by atoms with E-state index in [0.29, 0.717) is 24.6 Å². The predicted octanol–water partition coefficient (Wildman–Crippen LogP) is 1.28. The summed E-state index contributed by atoms with van der Waals surface area (Å²) in [7, 11) is 2.03. The van der Waals surface area contributed by atoms with Crippen LogP contribution in [0.4, 0.5) is 23.0 Å². The first kappa shape index (κ1) is 15.1. The van der Waals surface area contributed by atoms with Crippen molar-refractivity contribution in [2.45, 2.75) is 0 Å². The maximum atomic E-state index is 11.6. The Balaban J connectivity index is 1.94. The minimum Gasteiger partial charge on any atom is -0.348 e. The fourth-order valence-electron chi connectivity index (χ4n) is 2.45. The van der Waals surface area contributed by atoms with Crippen LogP contribution in [0.1, 0.15) is 0 Å². The molecule has 1 fully saturated rings. The number of nitrogens with one attached hydrogen (secondary N) is 1. The Morgan fingerprint density at radius 2 is 2.04 bits per heavy atom. The number of nitro groups is 1. The van der Waals surface area contributed by atoms with Crippen LogP contribution in [0.3, 0.4) is 0 Å². The fourth-order valence-corrected chi connectivity index (χ4v) is 2.45. The van der Waals surface area contributed by atoms with Gasteiger partial charge in [0, 0.05) is 32.4 Å². The molecule has 23 heavy (non-hydrogen) atoms. The lowest BCUT2D eigenvalue weighted by Gasteiger charge is -2.32. The summed E-state index contributed by atoms with van der Waals surface area (Å²) in [6.45, 7) is 3.07. The van der Waals surface area contributed by atoms with E-state index in [4.69, 9.17) is 0 Å². The molecule has 0 aromatic carbocycles. The molecule has 2 aromatic heterocycles. The number of piperazine rings is 1. The largest absolute Gasteiger partial charge is 0.353 e. The van der Waals surface area contributed by atoms with Gasteiger partial charge in [-0.15, -0.1) is 0 Å². The van der Waals surface area contributed by atoms with Crippen molar-refractivity contribution in [3.05, 3.63) is 41.0 Å². The number of hydrogen-bond acceptors (Lipinski definition) is 8. The summed E-state index contributed by atoms with van der Waals surface area (Å²) in [5.41, 5.74) is 0.527. The number of pyridine rings is 1.